The van der Waals surface area contributed by atoms with Crippen LogP contribution in [-0.4, -0.2) is 18.2 Å². The van der Waals surface area contributed by atoms with Crippen molar-refractivity contribution in [2.24, 2.45) is 5.73 Å². The zero-order valence-corrected chi connectivity index (χ0v) is 11.5. The number of carboxylic acids is 1. The van der Waals surface area contributed by atoms with Crippen LogP contribution in [0.3, 0.4) is 0 Å². The second kappa shape index (κ2) is 6.07. The summed E-state index contributed by atoms with van der Waals surface area (Å²) in [6.07, 6.45) is 0.434. The first kappa shape index (κ1) is 14.8. The predicted molar refractivity (Wildman–Crippen MR) is 71.3 cm³/mol. The molecule has 0 saturated heterocycles. The number of hydrogen-bond donors (Lipinski definition) is 2. The summed E-state index contributed by atoms with van der Waals surface area (Å²) in [4.78, 5) is 10.6. The third-order valence-electron chi connectivity index (χ3n) is 2.98. The van der Waals surface area contributed by atoms with Crippen molar-refractivity contribution < 1.29 is 14.6 Å². The highest BCUT2D eigenvalue weighted by Gasteiger charge is 2.18. The molecule has 0 bridgehead atoms. The number of methoxy groups -OCH3 is 1. The molecule has 5 heteroatoms. The molecule has 1 atom stereocenters. The molecule has 1 rings (SSSR count). The Morgan fingerprint density at radius 1 is 1.56 bits per heavy atom. The van der Waals surface area contributed by atoms with Crippen molar-refractivity contribution in [1.29, 1.82) is 0 Å². The van der Waals surface area contributed by atoms with E-state index in [1.807, 2.05) is 19.9 Å². The molecule has 4 nitrogen and oxygen atoms in total. The minimum atomic E-state index is -0.847. The standard InChI is InChI=1S/C13H18ClNO3/c1-7-6-10(18-3)13(14)8(2)12(7)9(15)4-5-11(16)17/h6,9H,4-5,15H2,1-3H3,(H,16,17). The highest BCUT2D eigenvalue weighted by molar-refractivity contribution is 6.33. The highest BCUT2D eigenvalue weighted by atomic mass is 35.5. The van der Waals surface area contributed by atoms with Gasteiger partial charge in [0.2, 0.25) is 0 Å². The number of aryl methyl sites for hydroxylation is 1. The summed E-state index contributed by atoms with van der Waals surface area (Å²) in [6, 6.07) is 1.50. The van der Waals surface area contributed by atoms with Crippen LogP contribution in [0.15, 0.2) is 6.07 Å². The topological polar surface area (TPSA) is 72.5 Å². The Labute approximate surface area is 112 Å². The fraction of sp³-hybridized carbons (Fsp3) is 0.462. The number of rotatable bonds is 5. The zero-order valence-electron chi connectivity index (χ0n) is 10.8. The number of halogens is 1. The Balaban J connectivity index is 3.09. The minimum absolute atomic E-state index is 0.0453. The van der Waals surface area contributed by atoms with Crippen molar-refractivity contribution in [2.75, 3.05) is 7.11 Å². The molecule has 0 radical (unpaired) electrons. The van der Waals surface area contributed by atoms with E-state index in [0.717, 1.165) is 16.7 Å². The summed E-state index contributed by atoms with van der Waals surface area (Å²) < 4.78 is 5.17. The van der Waals surface area contributed by atoms with Crippen molar-refractivity contribution in [2.45, 2.75) is 32.7 Å². The molecule has 0 aliphatic carbocycles. The van der Waals surface area contributed by atoms with E-state index in [9.17, 15) is 4.79 Å². The summed E-state index contributed by atoms with van der Waals surface area (Å²) in [6.45, 7) is 3.79. The number of hydrogen-bond acceptors (Lipinski definition) is 3. The number of benzene rings is 1. The first-order chi connectivity index (χ1) is 8.38. The number of ether oxygens (including phenoxy) is 1. The van der Waals surface area contributed by atoms with Gasteiger partial charge in [-0.25, -0.2) is 0 Å². The van der Waals surface area contributed by atoms with Gasteiger partial charge in [-0.2, -0.15) is 0 Å². The Bertz CT molecular complexity index is 460. The van der Waals surface area contributed by atoms with Crippen molar-refractivity contribution in [1.82, 2.24) is 0 Å². The second-order valence-corrected chi connectivity index (χ2v) is 4.67. The predicted octanol–water partition coefficient (Wildman–Crippen LogP) is 2.83. The van der Waals surface area contributed by atoms with Gasteiger partial charge in [-0.15, -0.1) is 0 Å². The lowest BCUT2D eigenvalue weighted by molar-refractivity contribution is -0.137. The molecule has 18 heavy (non-hydrogen) atoms. The number of aliphatic carboxylic acids is 1. The van der Waals surface area contributed by atoms with E-state index in [4.69, 9.17) is 27.2 Å². The molecule has 0 aliphatic rings. The van der Waals surface area contributed by atoms with E-state index in [1.54, 1.807) is 7.11 Å². The average Bonchev–Trinajstić information content (AvgIpc) is 2.31. The fourth-order valence-electron chi connectivity index (χ4n) is 2.08. The lowest BCUT2D eigenvalue weighted by Gasteiger charge is -2.19. The van der Waals surface area contributed by atoms with Gasteiger partial charge in [-0.3, -0.25) is 4.79 Å². The van der Waals surface area contributed by atoms with Gasteiger partial charge in [0.1, 0.15) is 5.75 Å². The van der Waals surface area contributed by atoms with E-state index < -0.39 is 5.97 Å². The maximum Gasteiger partial charge on any atom is 0.303 e. The quantitative estimate of drug-likeness (QED) is 0.864. The second-order valence-electron chi connectivity index (χ2n) is 4.29. The molecular formula is C13H18ClNO3. The van der Waals surface area contributed by atoms with Crippen LogP contribution in [0.25, 0.3) is 0 Å². The monoisotopic (exact) mass is 271 g/mol. The van der Waals surface area contributed by atoms with Crippen molar-refractivity contribution in [3.05, 3.63) is 27.8 Å². The van der Waals surface area contributed by atoms with E-state index in [0.29, 0.717) is 17.2 Å². The number of carbonyl (C=O) groups is 1. The van der Waals surface area contributed by atoms with Crippen LogP contribution in [0.5, 0.6) is 5.75 Å². The zero-order chi connectivity index (χ0) is 13.9. The van der Waals surface area contributed by atoms with Gasteiger partial charge in [0.25, 0.3) is 0 Å². The summed E-state index contributed by atoms with van der Waals surface area (Å²) in [5.74, 6) is -0.235. The first-order valence-corrected chi connectivity index (χ1v) is 6.07. The molecule has 1 aromatic rings. The summed E-state index contributed by atoms with van der Waals surface area (Å²) in [5, 5.41) is 9.21. The van der Waals surface area contributed by atoms with Gasteiger partial charge in [0, 0.05) is 12.5 Å². The van der Waals surface area contributed by atoms with Crippen LogP contribution >= 0.6 is 11.6 Å². The fourth-order valence-corrected chi connectivity index (χ4v) is 2.31. The molecule has 0 aliphatic heterocycles. The van der Waals surface area contributed by atoms with E-state index in [1.165, 1.54) is 0 Å². The van der Waals surface area contributed by atoms with Crippen LogP contribution in [0, 0.1) is 13.8 Å². The van der Waals surface area contributed by atoms with Gasteiger partial charge in [-0.1, -0.05) is 11.6 Å². The first-order valence-electron chi connectivity index (χ1n) is 5.69. The van der Waals surface area contributed by atoms with E-state index in [2.05, 4.69) is 0 Å². The lowest BCUT2D eigenvalue weighted by Crippen LogP contribution is -2.15. The summed E-state index contributed by atoms with van der Waals surface area (Å²) >= 11 is 6.18. The molecule has 0 fully saturated rings. The third kappa shape index (κ3) is 3.15. The van der Waals surface area contributed by atoms with Gasteiger partial charge in [0.05, 0.1) is 12.1 Å². The van der Waals surface area contributed by atoms with Crippen LogP contribution < -0.4 is 10.5 Å². The Morgan fingerprint density at radius 3 is 2.67 bits per heavy atom. The molecule has 100 valence electrons. The summed E-state index contributed by atoms with van der Waals surface area (Å²) in [5.41, 5.74) is 8.76. The minimum Gasteiger partial charge on any atom is -0.495 e. The van der Waals surface area contributed by atoms with Gasteiger partial charge in [-0.05, 0) is 43.0 Å². The molecule has 0 spiro atoms. The number of carboxylic acid groups (broad SMARTS) is 1. The molecule has 3 N–H and O–H groups in total. The van der Waals surface area contributed by atoms with Crippen molar-refractivity contribution in [3.63, 3.8) is 0 Å². The molecule has 1 unspecified atom stereocenters. The molecule has 1 aromatic carbocycles. The maximum atomic E-state index is 10.6. The van der Waals surface area contributed by atoms with Crippen LogP contribution in [0.1, 0.15) is 35.6 Å². The van der Waals surface area contributed by atoms with Gasteiger partial charge in [0.15, 0.2) is 0 Å². The van der Waals surface area contributed by atoms with Crippen LogP contribution in [-0.2, 0) is 4.79 Å². The van der Waals surface area contributed by atoms with E-state index >= 15 is 0 Å². The van der Waals surface area contributed by atoms with E-state index in [-0.39, 0.29) is 12.5 Å². The molecule has 0 heterocycles. The highest BCUT2D eigenvalue weighted by Crippen LogP contribution is 2.35. The Morgan fingerprint density at radius 2 is 2.17 bits per heavy atom. The molecule has 0 aromatic heterocycles. The normalized spacial score (nSPS) is 12.3. The summed E-state index contributed by atoms with van der Waals surface area (Å²) in [7, 11) is 1.56. The Hall–Kier alpha value is -1.26. The Kier molecular flexibility index (Phi) is 4.99. The van der Waals surface area contributed by atoms with Crippen molar-refractivity contribution in [3.8, 4) is 5.75 Å². The molecule has 0 saturated carbocycles. The van der Waals surface area contributed by atoms with Crippen LogP contribution in [0.4, 0.5) is 0 Å². The van der Waals surface area contributed by atoms with Crippen molar-refractivity contribution >= 4 is 17.6 Å². The smallest absolute Gasteiger partial charge is 0.303 e. The molecule has 0 amide bonds. The van der Waals surface area contributed by atoms with Gasteiger partial charge < -0.3 is 15.6 Å². The SMILES string of the molecule is COc1cc(C)c(C(N)CCC(=O)O)c(C)c1Cl. The lowest BCUT2D eigenvalue weighted by atomic mass is 9.93. The van der Waals surface area contributed by atoms with Crippen LogP contribution in [0.2, 0.25) is 5.02 Å². The number of nitrogens with two attached hydrogens (primary N) is 1. The largest absolute Gasteiger partial charge is 0.495 e. The third-order valence-corrected chi connectivity index (χ3v) is 3.45. The molecular weight excluding hydrogens is 254 g/mol. The maximum absolute atomic E-state index is 10.6. The van der Waals surface area contributed by atoms with Gasteiger partial charge >= 0.3 is 5.97 Å². The average molecular weight is 272 g/mol.